The van der Waals surface area contributed by atoms with Crippen molar-refractivity contribution in [3.8, 4) is 22.8 Å². The molecule has 0 radical (unpaired) electrons. The van der Waals surface area contributed by atoms with Crippen molar-refractivity contribution in [2.45, 2.75) is 65.1 Å². The van der Waals surface area contributed by atoms with Gasteiger partial charge in [-0.2, -0.15) is 0 Å². The number of anilines is 1. The minimum Gasteiger partial charge on any atom is -0.496 e. The van der Waals surface area contributed by atoms with E-state index in [0.29, 0.717) is 73.3 Å². The maximum Gasteiger partial charge on any atom is 0.260 e. The summed E-state index contributed by atoms with van der Waals surface area (Å²) in [7, 11) is 2.25. The van der Waals surface area contributed by atoms with Crippen LogP contribution in [0.15, 0.2) is 84.9 Å². The summed E-state index contributed by atoms with van der Waals surface area (Å²) in [4.78, 5) is 35.9. The first-order valence-corrected chi connectivity index (χ1v) is 25.4. The molecule has 1 atom stereocenters. The number of benzene rings is 4. The summed E-state index contributed by atoms with van der Waals surface area (Å²) in [5.74, 6) is 0.108. The smallest absolute Gasteiger partial charge is 0.260 e. The molecular formula is C49H58ClFN4O6Si. The zero-order valence-electron chi connectivity index (χ0n) is 36.9. The van der Waals surface area contributed by atoms with Crippen LogP contribution in [-0.2, 0) is 36.0 Å². The van der Waals surface area contributed by atoms with Crippen molar-refractivity contribution >= 4 is 37.2 Å². The van der Waals surface area contributed by atoms with Crippen LogP contribution in [0.3, 0.4) is 0 Å². The number of amides is 2. The van der Waals surface area contributed by atoms with Crippen LogP contribution in [0, 0.1) is 19.7 Å². The average molecular weight is 882 g/mol. The zero-order chi connectivity index (χ0) is 44.1. The zero-order valence-corrected chi connectivity index (χ0v) is 38.7. The van der Waals surface area contributed by atoms with Crippen LogP contribution in [0.5, 0.6) is 11.5 Å². The van der Waals surface area contributed by atoms with Gasteiger partial charge in [-0.15, -0.1) is 0 Å². The molecule has 10 nitrogen and oxygen atoms in total. The fourth-order valence-corrected chi connectivity index (χ4v) is 9.17. The number of nitrogens with zero attached hydrogens (tertiary/aromatic N) is 4. The summed E-state index contributed by atoms with van der Waals surface area (Å²) in [5.41, 5.74) is 7.05. The molecule has 1 saturated heterocycles. The van der Waals surface area contributed by atoms with E-state index in [-0.39, 0.29) is 41.8 Å². The number of rotatable bonds is 15. The SMILES string of the molecule is COc1cccc(CN(C(=O)c2cc(-c3cc(Cl)c(F)cc3C(=O)N3Cc4ccccc4C[C@H]3CN3CCOCC3)n(C)c2C)c2ccc(OCOCC[Si](C)(C)C)cc2)c1C. The Balaban J connectivity index is 1.22. The molecule has 13 heteroatoms. The maximum absolute atomic E-state index is 15.6. The Labute approximate surface area is 371 Å². The molecule has 2 amide bonds. The fraction of sp³-hybridized carbons (Fsp3) is 0.388. The number of methoxy groups -OCH3 is 1. The molecule has 3 heterocycles. The highest BCUT2D eigenvalue weighted by Crippen LogP contribution is 2.36. The molecule has 2 aliphatic heterocycles. The van der Waals surface area contributed by atoms with E-state index in [0.717, 1.165) is 41.6 Å². The second kappa shape index (κ2) is 19.6. The van der Waals surface area contributed by atoms with E-state index in [4.69, 9.17) is 30.5 Å². The second-order valence-corrected chi connectivity index (χ2v) is 23.5. The van der Waals surface area contributed by atoms with Crippen LogP contribution in [0.1, 0.15) is 48.7 Å². The third kappa shape index (κ3) is 10.3. The summed E-state index contributed by atoms with van der Waals surface area (Å²) < 4.78 is 40.4. The Morgan fingerprint density at radius 2 is 1.66 bits per heavy atom. The fourth-order valence-electron chi connectivity index (χ4n) is 8.25. The van der Waals surface area contributed by atoms with Crippen LogP contribution in [0.2, 0.25) is 30.7 Å². The van der Waals surface area contributed by atoms with Gasteiger partial charge in [-0.05, 0) is 97.1 Å². The van der Waals surface area contributed by atoms with Crippen molar-refractivity contribution in [1.82, 2.24) is 14.4 Å². The number of ether oxygens (including phenoxy) is 4. The van der Waals surface area contributed by atoms with E-state index >= 15 is 9.18 Å². The van der Waals surface area contributed by atoms with Crippen LogP contribution in [-0.4, -0.2) is 93.7 Å². The lowest BCUT2D eigenvalue weighted by Gasteiger charge is -2.40. The summed E-state index contributed by atoms with van der Waals surface area (Å²) in [6, 6.07) is 26.8. The molecule has 0 unspecified atom stereocenters. The number of halogens is 2. The number of morpholine rings is 1. The van der Waals surface area contributed by atoms with E-state index in [1.54, 1.807) is 18.1 Å². The van der Waals surface area contributed by atoms with E-state index in [1.165, 1.54) is 17.7 Å². The highest BCUT2D eigenvalue weighted by molar-refractivity contribution is 6.76. The Kier molecular flexibility index (Phi) is 14.2. The van der Waals surface area contributed by atoms with Crippen molar-refractivity contribution in [1.29, 1.82) is 0 Å². The Hall–Kier alpha value is -4.98. The molecule has 7 rings (SSSR count). The van der Waals surface area contributed by atoms with Crippen LogP contribution in [0.25, 0.3) is 11.3 Å². The Bertz CT molecular complexity index is 2390. The lowest BCUT2D eigenvalue weighted by atomic mass is 9.92. The van der Waals surface area contributed by atoms with Crippen molar-refractivity contribution in [2.24, 2.45) is 7.05 Å². The summed E-state index contributed by atoms with van der Waals surface area (Å²) in [6.45, 7) is 15.7. The van der Waals surface area contributed by atoms with Crippen LogP contribution in [0.4, 0.5) is 10.1 Å². The van der Waals surface area contributed by atoms with E-state index in [2.05, 4.69) is 30.6 Å². The molecule has 0 N–H and O–H groups in total. The lowest BCUT2D eigenvalue weighted by Crippen LogP contribution is -2.52. The van der Waals surface area contributed by atoms with Gasteiger partial charge in [-0.3, -0.25) is 14.5 Å². The largest absolute Gasteiger partial charge is 0.496 e. The lowest BCUT2D eigenvalue weighted by molar-refractivity contribution is 0.0192. The van der Waals surface area contributed by atoms with Crippen molar-refractivity contribution in [3.63, 3.8) is 0 Å². The van der Waals surface area contributed by atoms with Crippen molar-refractivity contribution in [3.05, 3.63) is 135 Å². The first kappa shape index (κ1) is 45.1. The molecule has 0 saturated carbocycles. The van der Waals surface area contributed by atoms with Gasteiger partial charge < -0.3 is 33.3 Å². The van der Waals surface area contributed by atoms with Gasteiger partial charge in [0.2, 0.25) is 0 Å². The van der Waals surface area contributed by atoms with Gasteiger partial charge in [0.05, 0.1) is 43.0 Å². The van der Waals surface area contributed by atoms with Gasteiger partial charge in [-0.1, -0.05) is 67.6 Å². The monoisotopic (exact) mass is 880 g/mol. The molecule has 62 heavy (non-hydrogen) atoms. The number of carbonyl (C=O) groups excluding carboxylic acids is 2. The standard InChI is InChI=1S/C49H58ClFN4O6Si/c1-33-36(13-10-14-47(33)58-4)29-54(38-15-17-40(18-16-38)61-32-60-23-24-62(5,6)7)48(56)41-28-46(52(3)34(41)2)42-26-44(50)45(51)27-43(42)49(57)55-30-37-12-9-8-11-35(37)25-39(55)31-53-19-21-59-22-20-53/h8-18,26-28,39H,19-25,29-32H2,1-7H3/t39-/m0/s1. The molecule has 0 aliphatic carbocycles. The van der Waals surface area contributed by atoms with Gasteiger partial charge in [0.15, 0.2) is 6.79 Å². The first-order valence-electron chi connectivity index (χ1n) is 21.3. The van der Waals surface area contributed by atoms with Gasteiger partial charge in [-0.25, -0.2) is 4.39 Å². The third-order valence-electron chi connectivity index (χ3n) is 12.2. The van der Waals surface area contributed by atoms with Crippen LogP contribution >= 0.6 is 11.6 Å². The number of aromatic nitrogens is 1. The quantitative estimate of drug-likeness (QED) is 0.0589. The molecule has 0 spiro atoms. The normalized spacial score (nSPS) is 15.6. The van der Waals surface area contributed by atoms with E-state index in [9.17, 15) is 4.79 Å². The van der Waals surface area contributed by atoms with Gasteiger partial charge in [0.1, 0.15) is 17.3 Å². The maximum atomic E-state index is 15.6. The van der Waals surface area contributed by atoms with E-state index in [1.807, 2.05) is 91.0 Å². The molecule has 4 aromatic carbocycles. The van der Waals surface area contributed by atoms with Crippen LogP contribution < -0.4 is 14.4 Å². The molecule has 1 fully saturated rings. The van der Waals surface area contributed by atoms with Crippen molar-refractivity contribution < 1.29 is 32.9 Å². The second-order valence-electron chi connectivity index (χ2n) is 17.5. The molecule has 0 bridgehead atoms. The minimum atomic E-state index is -1.22. The number of carbonyl (C=O) groups is 2. The Morgan fingerprint density at radius 1 is 0.935 bits per heavy atom. The summed E-state index contributed by atoms with van der Waals surface area (Å²) >= 11 is 6.52. The van der Waals surface area contributed by atoms with E-state index < -0.39 is 13.9 Å². The predicted molar refractivity (Wildman–Crippen MR) is 246 cm³/mol. The summed E-state index contributed by atoms with van der Waals surface area (Å²) in [5, 5.41) is -0.115. The number of fused-ring (bicyclic) bond motifs is 1. The molecule has 2 aliphatic rings. The highest BCUT2D eigenvalue weighted by Gasteiger charge is 2.35. The van der Waals surface area contributed by atoms with Gasteiger partial charge in [0, 0.05) is 76.6 Å². The molecule has 5 aromatic rings. The topological polar surface area (TPSA) is 85.7 Å². The number of hydrogen-bond acceptors (Lipinski definition) is 7. The third-order valence-corrected chi connectivity index (χ3v) is 14.2. The van der Waals surface area contributed by atoms with Gasteiger partial charge >= 0.3 is 0 Å². The summed E-state index contributed by atoms with van der Waals surface area (Å²) in [6.07, 6.45) is 0.675. The molecular weight excluding hydrogens is 823 g/mol. The van der Waals surface area contributed by atoms with Crippen molar-refractivity contribution in [2.75, 3.05) is 58.3 Å². The number of hydrogen-bond donors (Lipinski definition) is 0. The average Bonchev–Trinajstić information content (AvgIpc) is 3.56. The minimum absolute atomic E-state index is 0.115. The van der Waals surface area contributed by atoms with Gasteiger partial charge in [0.25, 0.3) is 11.8 Å². The molecule has 1 aromatic heterocycles. The highest BCUT2D eigenvalue weighted by atomic mass is 35.5. The Morgan fingerprint density at radius 3 is 2.37 bits per heavy atom. The molecule has 328 valence electrons. The predicted octanol–water partition coefficient (Wildman–Crippen LogP) is 9.55. The first-order chi connectivity index (χ1) is 29.7.